The lowest BCUT2D eigenvalue weighted by Gasteiger charge is -2.35. The lowest BCUT2D eigenvalue weighted by Crippen LogP contribution is -2.46. The number of nitrogens with one attached hydrogen (secondary N) is 3. The molecule has 1 aliphatic rings. The first-order chi connectivity index (χ1) is 15.7. The standard InChI is InChI=1S/C25H32FN5O.HI/c1-18-4-3-5-22-20(16-29-24(18)22)10-11-28-25(27-2)30-17-23(31-12-14-32-15-13-31)19-6-8-21(26)9-7-19;/h3-9,16,23,29H,10-15,17H2,1-2H3,(H2,27,28,30);1H. The summed E-state index contributed by atoms with van der Waals surface area (Å²) in [5.74, 6) is 0.550. The third-order valence-corrected chi connectivity index (χ3v) is 6.12. The van der Waals surface area contributed by atoms with Crippen LogP contribution in [0.3, 0.4) is 0 Å². The minimum Gasteiger partial charge on any atom is -0.379 e. The van der Waals surface area contributed by atoms with Gasteiger partial charge in [-0.25, -0.2) is 4.39 Å². The van der Waals surface area contributed by atoms with Gasteiger partial charge in [-0.1, -0.05) is 30.3 Å². The van der Waals surface area contributed by atoms with Crippen molar-refractivity contribution in [3.63, 3.8) is 0 Å². The molecule has 1 aromatic heterocycles. The molecule has 1 unspecified atom stereocenters. The maximum atomic E-state index is 13.5. The van der Waals surface area contributed by atoms with Crippen LogP contribution in [0.1, 0.15) is 22.7 Å². The number of aromatic nitrogens is 1. The number of aryl methyl sites for hydroxylation is 1. The highest BCUT2D eigenvalue weighted by Crippen LogP contribution is 2.22. The highest BCUT2D eigenvalue weighted by molar-refractivity contribution is 14.0. The number of nitrogens with zero attached hydrogens (tertiary/aromatic N) is 2. The second kappa shape index (κ2) is 12.3. The molecule has 2 heterocycles. The molecule has 1 saturated heterocycles. The van der Waals surface area contributed by atoms with Crippen molar-refractivity contribution >= 4 is 40.8 Å². The molecule has 0 radical (unpaired) electrons. The van der Waals surface area contributed by atoms with E-state index in [1.54, 1.807) is 7.05 Å². The molecule has 33 heavy (non-hydrogen) atoms. The predicted molar refractivity (Wildman–Crippen MR) is 143 cm³/mol. The number of guanidine groups is 1. The van der Waals surface area contributed by atoms with Gasteiger partial charge >= 0.3 is 0 Å². The third kappa shape index (κ3) is 6.45. The van der Waals surface area contributed by atoms with Gasteiger partial charge in [0.1, 0.15) is 5.82 Å². The first-order valence-electron chi connectivity index (χ1n) is 11.2. The first-order valence-corrected chi connectivity index (χ1v) is 11.2. The van der Waals surface area contributed by atoms with E-state index in [1.165, 1.54) is 34.2 Å². The number of morpholine rings is 1. The Hall–Kier alpha value is -2.17. The zero-order chi connectivity index (χ0) is 22.3. The summed E-state index contributed by atoms with van der Waals surface area (Å²) >= 11 is 0. The number of halogens is 2. The minimum atomic E-state index is -0.215. The molecular formula is C25H33FIN5O. The summed E-state index contributed by atoms with van der Waals surface area (Å²) in [6, 6.07) is 13.3. The van der Waals surface area contributed by atoms with Gasteiger partial charge in [0.25, 0.3) is 0 Å². The van der Waals surface area contributed by atoms with Gasteiger partial charge in [-0.3, -0.25) is 9.89 Å². The second-order valence-electron chi connectivity index (χ2n) is 8.16. The molecule has 0 saturated carbocycles. The van der Waals surface area contributed by atoms with E-state index >= 15 is 0 Å². The number of aliphatic imine (C=N–C) groups is 1. The van der Waals surface area contributed by atoms with Crippen LogP contribution in [0.2, 0.25) is 0 Å². The van der Waals surface area contributed by atoms with Crippen LogP contribution in [0.25, 0.3) is 10.9 Å². The third-order valence-electron chi connectivity index (χ3n) is 6.12. The van der Waals surface area contributed by atoms with Gasteiger partial charge in [-0.2, -0.15) is 0 Å². The highest BCUT2D eigenvalue weighted by Gasteiger charge is 2.23. The van der Waals surface area contributed by atoms with Crippen LogP contribution >= 0.6 is 24.0 Å². The number of ether oxygens (including phenoxy) is 1. The quantitative estimate of drug-likeness (QED) is 0.230. The summed E-state index contributed by atoms with van der Waals surface area (Å²) in [5, 5.41) is 8.17. The molecule has 3 N–H and O–H groups in total. The summed E-state index contributed by atoms with van der Waals surface area (Å²) < 4.78 is 19.0. The number of fused-ring (bicyclic) bond motifs is 1. The summed E-state index contributed by atoms with van der Waals surface area (Å²) in [6.45, 7) is 6.73. The number of aromatic amines is 1. The topological polar surface area (TPSA) is 64.7 Å². The summed E-state index contributed by atoms with van der Waals surface area (Å²) in [4.78, 5) is 10.2. The predicted octanol–water partition coefficient (Wildman–Crippen LogP) is 4.01. The molecule has 178 valence electrons. The van der Waals surface area contributed by atoms with Crippen molar-refractivity contribution in [1.29, 1.82) is 0 Å². The van der Waals surface area contributed by atoms with E-state index in [0.29, 0.717) is 6.54 Å². The lowest BCUT2D eigenvalue weighted by atomic mass is 10.0. The maximum absolute atomic E-state index is 13.5. The van der Waals surface area contributed by atoms with E-state index in [0.717, 1.165) is 50.8 Å². The van der Waals surface area contributed by atoms with E-state index < -0.39 is 0 Å². The molecule has 1 atom stereocenters. The Bertz CT molecular complexity index is 1050. The molecular weight excluding hydrogens is 532 g/mol. The molecule has 1 aliphatic heterocycles. The molecule has 4 rings (SSSR count). The van der Waals surface area contributed by atoms with Crippen LogP contribution in [-0.4, -0.2) is 62.3 Å². The molecule has 3 aromatic rings. The van der Waals surface area contributed by atoms with Gasteiger partial charge in [0.15, 0.2) is 5.96 Å². The Morgan fingerprint density at radius 3 is 2.64 bits per heavy atom. The van der Waals surface area contributed by atoms with Crippen molar-refractivity contribution in [2.75, 3.05) is 46.4 Å². The number of rotatable bonds is 7. The number of benzene rings is 2. The minimum absolute atomic E-state index is 0. The van der Waals surface area contributed by atoms with Gasteiger partial charge in [0.2, 0.25) is 0 Å². The van der Waals surface area contributed by atoms with Crippen molar-refractivity contribution in [2.24, 2.45) is 4.99 Å². The average Bonchev–Trinajstić information content (AvgIpc) is 3.24. The van der Waals surface area contributed by atoms with Gasteiger partial charge in [0.05, 0.1) is 19.3 Å². The number of hydrogen-bond acceptors (Lipinski definition) is 3. The molecule has 0 bridgehead atoms. The summed E-state index contributed by atoms with van der Waals surface area (Å²) in [7, 11) is 1.78. The SMILES string of the molecule is CN=C(NCCc1c[nH]c2c(C)cccc12)NCC(c1ccc(F)cc1)N1CCOCC1.I. The zero-order valence-corrected chi connectivity index (χ0v) is 21.6. The molecule has 8 heteroatoms. The summed E-state index contributed by atoms with van der Waals surface area (Å²) in [5.41, 5.74) is 4.85. The van der Waals surface area contributed by atoms with E-state index in [-0.39, 0.29) is 35.8 Å². The van der Waals surface area contributed by atoms with Crippen molar-refractivity contribution in [1.82, 2.24) is 20.5 Å². The highest BCUT2D eigenvalue weighted by atomic mass is 127. The van der Waals surface area contributed by atoms with Crippen LogP contribution in [-0.2, 0) is 11.2 Å². The van der Waals surface area contributed by atoms with E-state index in [1.807, 2.05) is 12.1 Å². The Morgan fingerprint density at radius 1 is 1.15 bits per heavy atom. The molecule has 0 aliphatic carbocycles. The lowest BCUT2D eigenvalue weighted by molar-refractivity contribution is 0.0170. The van der Waals surface area contributed by atoms with Gasteiger partial charge in [-0.15, -0.1) is 24.0 Å². The Labute approximate surface area is 212 Å². The maximum Gasteiger partial charge on any atom is 0.191 e. The molecule has 0 amide bonds. The normalized spacial score (nSPS) is 15.8. The van der Waals surface area contributed by atoms with Crippen LogP contribution in [0.15, 0.2) is 53.7 Å². The van der Waals surface area contributed by atoms with E-state index in [9.17, 15) is 4.39 Å². The Balaban J connectivity index is 0.00000306. The van der Waals surface area contributed by atoms with E-state index in [2.05, 4.69) is 56.8 Å². The average molecular weight is 565 g/mol. The number of para-hydroxylation sites is 1. The fourth-order valence-electron chi connectivity index (χ4n) is 4.33. The van der Waals surface area contributed by atoms with Crippen molar-refractivity contribution < 1.29 is 9.13 Å². The molecule has 0 spiro atoms. The smallest absolute Gasteiger partial charge is 0.191 e. The Morgan fingerprint density at radius 2 is 1.91 bits per heavy atom. The van der Waals surface area contributed by atoms with Crippen LogP contribution in [0.4, 0.5) is 4.39 Å². The Kier molecular flexibility index (Phi) is 9.52. The first kappa shape index (κ1) is 25.5. The molecule has 6 nitrogen and oxygen atoms in total. The number of H-pyrrole nitrogens is 1. The van der Waals surface area contributed by atoms with Gasteiger partial charge in [0, 0.05) is 50.3 Å². The van der Waals surface area contributed by atoms with Crippen LogP contribution in [0.5, 0.6) is 0 Å². The van der Waals surface area contributed by atoms with Crippen molar-refractivity contribution in [3.05, 3.63) is 71.2 Å². The largest absolute Gasteiger partial charge is 0.379 e. The van der Waals surface area contributed by atoms with Crippen LogP contribution < -0.4 is 10.6 Å². The van der Waals surface area contributed by atoms with Gasteiger partial charge in [-0.05, 0) is 42.2 Å². The second-order valence-corrected chi connectivity index (χ2v) is 8.16. The number of hydrogen-bond donors (Lipinski definition) is 3. The van der Waals surface area contributed by atoms with Crippen molar-refractivity contribution in [3.8, 4) is 0 Å². The molecule has 2 aromatic carbocycles. The molecule has 1 fully saturated rings. The summed E-state index contributed by atoms with van der Waals surface area (Å²) in [6.07, 6.45) is 2.99. The zero-order valence-electron chi connectivity index (χ0n) is 19.2. The van der Waals surface area contributed by atoms with E-state index in [4.69, 9.17) is 4.74 Å². The van der Waals surface area contributed by atoms with Crippen molar-refractivity contribution in [2.45, 2.75) is 19.4 Å². The fraction of sp³-hybridized carbons (Fsp3) is 0.400. The van der Waals surface area contributed by atoms with Gasteiger partial charge < -0.3 is 20.4 Å². The van der Waals surface area contributed by atoms with Crippen LogP contribution in [0, 0.1) is 12.7 Å². The fourth-order valence-corrected chi connectivity index (χ4v) is 4.33. The monoisotopic (exact) mass is 565 g/mol.